The number of hydrogen-bond acceptors (Lipinski definition) is 3. The van der Waals surface area contributed by atoms with E-state index in [1.165, 1.54) is 6.26 Å². The minimum atomic E-state index is -0.642. The molecule has 0 saturated carbocycles. The Hall–Kier alpha value is -0.900. The lowest BCUT2D eigenvalue weighted by Gasteiger charge is -2.03. The molecule has 0 amide bonds. The lowest BCUT2D eigenvalue weighted by atomic mass is 10.3. The van der Waals surface area contributed by atoms with Crippen LogP contribution in [-0.2, 0) is 6.67 Å². The van der Waals surface area contributed by atoms with Gasteiger partial charge in [-0.15, -0.1) is 0 Å². The minimum absolute atomic E-state index is 0.110. The van der Waals surface area contributed by atoms with Crippen LogP contribution in [0.3, 0.4) is 0 Å². The van der Waals surface area contributed by atoms with Crippen molar-refractivity contribution in [1.29, 1.82) is 0 Å². The zero-order chi connectivity index (χ0) is 8.27. The summed E-state index contributed by atoms with van der Waals surface area (Å²) in [7, 11) is 1.81. The van der Waals surface area contributed by atoms with Crippen molar-refractivity contribution in [3.05, 3.63) is 17.8 Å². The number of aromatic nitrogens is 1. The largest absolute Gasteiger partial charge is 0.446 e. The molecule has 62 valence electrons. The molecule has 0 spiro atoms. The molecule has 1 atom stereocenters. The molecule has 3 nitrogen and oxygen atoms in total. The van der Waals surface area contributed by atoms with Gasteiger partial charge in [-0.3, -0.25) is 0 Å². The number of hydrogen-bond donors (Lipinski definition) is 1. The third kappa shape index (κ3) is 1.77. The van der Waals surface area contributed by atoms with Crippen LogP contribution in [0.4, 0.5) is 4.39 Å². The van der Waals surface area contributed by atoms with E-state index < -0.39 is 6.67 Å². The van der Waals surface area contributed by atoms with Crippen molar-refractivity contribution in [2.24, 2.45) is 0 Å². The molecule has 1 aromatic rings. The van der Waals surface area contributed by atoms with Crippen LogP contribution in [0, 0.1) is 0 Å². The summed E-state index contributed by atoms with van der Waals surface area (Å²) in [6.07, 6.45) is 1.47. The van der Waals surface area contributed by atoms with Gasteiger partial charge >= 0.3 is 0 Å². The van der Waals surface area contributed by atoms with Gasteiger partial charge in [0, 0.05) is 6.04 Å². The molecule has 0 aromatic carbocycles. The fraction of sp³-hybridized carbons (Fsp3) is 0.571. The summed E-state index contributed by atoms with van der Waals surface area (Å²) in [5, 5.41) is 2.97. The van der Waals surface area contributed by atoms with Gasteiger partial charge < -0.3 is 9.73 Å². The quantitative estimate of drug-likeness (QED) is 0.723. The third-order valence-electron chi connectivity index (χ3n) is 1.56. The first kappa shape index (κ1) is 8.20. The van der Waals surface area contributed by atoms with Gasteiger partial charge in [-0.1, -0.05) is 0 Å². The molecular weight excluding hydrogens is 147 g/mol. The molecule has 0 aliphatic heterocycles. The van der Waals surface area contributed by atoms with E-state index in [1.54, 1.807) is 0 Å². The van der Waals surface area contributed by atoms with Crippen LogP contribution < -0.4 is 5.32 Å². The highest BCUT2D eigenvalue weighted by atomic mass is 19.1. The number of nitrogens with one attached hydrogen (secondary N) is 1. The van der Waals surface area contributed by atoms with Crippen molar-refractivity contribution in [1.82, 2.24) is 10.3 Å². The first-order valence-electron chi connectivity index (χ1n) is 3.45. The maximum Gasteiger partial charge on any atom is 0.225 e. The number of nitrogens with zero attached hydrogens (tertiary/aromatic N) is 1. The summed E-state index contributed by atoms with van der Waals surface area (Å²) in [6.45, 7) is 1.29. The predicted molar refractivity (Wildman–Crippen MR) is 38.8 cm³/mol. The summed E-state index contributed by atoms with van der Waals surface area (Å²) in [6, 6.07) is 0.110. The first-order chi connectivity index (χ1) is 5.27. The molecule has 0 fully saturated rings. The van der Waals surface area contributed by atoms with E-state index in [9.17, 15) is 4.39 Å². The highest BCUT2D eigenvalue weighted by molar-refractivity contribution is 5.01. The van der Waals surface area contributed by atoms with Gasteiger partial charge in [-0.25, -0.2) is 9.37 Å². The lowest BCUT2D eigenvalue weighted by molar-refractivity contribution is 0.380. The van der Waals surface area contributed by atoms with Crippen LogP contribution in [0.2, 0.25) is 0 Å². The average Bonchev–Trinajstić information content (AvgIpc) is 2.50. The van der Waals surface area contributed by atoms with E-state index in [1.807, 2.05) is 14.0 Å². The van der Waals surface area contributed by atoms with E-state index in [-0.39, 0.29) is 11.9 Å². The van der Waals surface area contributed by atoms with Crippen molar-refractivity contribution >= 4 is 0 Å². The Morgan fingerprint density at radius 2 is 2.55 bits per heavy atom. The van der Waals surface area contributed by atoms with Crippen molar-refractivity contribution in [2.45, 2.75) is 19.6 Å². The third-order valence-corrected chi connectivity index (χ3v) is 1.56. The molecule has 4 heteroatoms. The molecule has 11 heavy (non-hydrogen) atoms. The van der Waals surface area contributed by atoms with Gasteiger partial charge in [0.25, 0.3) is 0 Å². The van der Waals surface area contributed by atoms with Crippen molar-refractivity contribution in [3.8, 4) is 0 Å². The SMILES string of the molecule is CNC(C)c1coc(CF)n1. The molecule has 1 rings (SSSR count). The summed E-state index contributed by atoms with van der Waals surface area (Å²) in [5.41, 5.74) is 0.736. The summed E-state index contributed by atoms with van der Waals surface area (Å²) < 4.78 is 16.7. The maximum absolute atomic E-state index is 11.9. The molecule has 0 radical (unpaired) electrons. The van der Waals surface area contributed by atoms with E-state index in [2.05, 4.69) is 10.3 Å². The Morgan fingerprint density at radius 1 is 1.82 bits per heavy atom. The fourth-order valence-electron chi connectivity index (χ4n) is 0.733. The zero-order valence-corrected chi connectivity index (χ0v) is 6.60. The molecule has 1 heterocycles. The van der Waals surface area contributed by atoms with Crippen LogP contribution in [0.1, 0.15) is 24.6 Å². The second kappa shape index (κ2) is 3.48. The summed E-state index contributed by atoms with van der Waals surface area (Å²) in [5.74, 6) is 0.141. The van der Waals surface area contributed by atoms with Gasteiger partial charge in [-0.2, -0.15) is 0 Å². The molecule has 0 aliphatic rings. The lowest BCUT2D eigenvalue weighted by Crippen LogP contribution is -2.12. The topological polar surface area (TPSA) is 38.1 Å². The van der Waals surface area contributed by atoms with Gasteiger partial charge in [-0.05, 0) is 14.0 Å². The number of alkyl halides is 1. The summed E-state index contributed by atoms with van der Waals surface area (Å²) >= 11 is 0. The maximum atomic E-state index is 11.9. The molecule has 1 unspecified atom stereocenters. The summed E-state index contributed by atoms with van der Waals surface area (Å²) in [4.78, 5) is 3.90. The second-order valence-electron chi connectivity index (χ2n) is 2.31. The molecule has 0 saturated heterocycles. The predicted octanol–water partition coefficient (Wildman–Crippen LogP) is 1.42. The van der Waals surface area contributed by atoms with Gasteiger partial charge in [0.2, 0.25) is 5.89 Å². The normalized spacial score (nSPS) is 13.4. The molecular formula is C7H11FN2O. The molecule has 0 bridgehead atoms. The van der Waals surface area contributed by atoms with E-state index in [4.69, 9.17) is 4.42 Å². The highest BCUT2D eigenvalue weighted by Crippen LogP contribution is 2.11. The molecule has 1 aromatic heterocycles. The Morgan fingerprint density at radius 3 is 3.00 bits per heavy atom. The van der Waals surface area contributed by atoms with Crippen LogP contribution in [0.15, 0.2) is 10.7 Å². The molecule has 0 aliphatic carbocycles. The van der Waals surface area contributed by atoms with E-state index in [0.717, 1.165) is 5.69 Å². The van der Waals surface area contributed by atoms with Crippen molar-refractivity contribution in [2.75, 3.05) is 7.05 Å². The van der Waals surface area contributed by atoms with E-state index in [0.29, 0.717) is 0 Å². The first-order valence-corrected chi connectivity index (χ1v) is 3.45. The van der Waals surface area contributed by atoms with Crippen LogP contribution >= 0.6 is 0 Å². The smallest absolute Gasteiger partial charge is 0.225 e. The minimum Gasteiger partial charge on any atom is -0.446 e. The zero-order valence-electron chi connectivity index (χ0n) is 6.60. The van der Waals surface area contributed by atoms with Crippen LogP contribution in [-0.4, -0.2) is 12.0 Å². The number of oxazole rings is 1. The van der Waals surface area contributed by atoms with Crippen molar-refractivity contribution in [3.63, 3.8) is 0 Å². The van der Waals surface area contributed by atoms with Crippen LogP contribution in [0.5, 0.6) is 0 Å². The fourth-order valence-corrected chi connectivity index (χ4v) is 0.733. The van der Waals surface area contributed by atoms with Gasteiger partial charge in [0.1, 0.15) is 6.26 Å². The van der Waals surface area contributed by atoms with Crippen LogP contribution in [0.25, 0.3) is 0 Å². The average molecular weight is 158 g/mol. The highest BCUT2D eigenvalue weighted by Gasteiger charge is 2.08. The van der Waals surface area contributed by atoms with E-state index >= 15 is 0 Å². The Labute approximate surface area is 64.6 Å². The Kier molecular flexibility index (Phi) is 2.59. The standard InChI is InChI=1S/C7H11FN2O/c1-5(9-2)6-4-11-7(3-8)10-6/h4-5,9H,3H2,1-2H3. The Balaban J connectivity index is 2.71. The van der Waals surface area contributed by atoms with Crippen molar-refractivity contribution < 1.29 is 8.81 Å². The second-order valence-corrected chi connectivity index (χ2v) is 2.31. The number of halogens is 1. The monoisotopic (exact) mass is 158 g/mol. The molecule has 1 N–H and O–H groups in total. The van der Waals surface area contributed by atoms with Gasteiger partial charge in [0.05, 0.1) is 5.69 Å². The Bertz CT molecular complexity index is 224. The van der Waals surface area contributed by atoms with Gasteiger partial charge in [0.15, 0.2) is 6.67 Å². The number of rotatable bonds is 3.